The largest absolute Gasteiger partial charge is 2.00 e. The SMILES string of the molecule is C=C(/C=C\C(=C)N(C)c1[c-]c(-c2ccccn2)ccc1)/C(C)=C/C=C\C.Cc1ccnc(-c2[c-]c(N(c3[c-]c(-c4cc(-c5ccccc5)ccn4)ccc3)c3ccc(-c4ccccc4)cc3)ccc2)c1.[CH3-].[CH3-].[Pt+2].[Pt]. The maximum atomic E-state index is 4.72. The molecule has 0 spiro atoms. The predicted octanol–water partition coefficient (Wildman–Crippen LogP) is 17.6. The zero-order valence-electron chi connectivity index (χ0n) is 42.7. The number of aromatic nitrogens is 3. The van der Waals surface area contributed by atoms with Crippen molar-refractivity contribution < 1.29 is 42.1 Å². The Labute approximate surface area is 469 Å². The van der Waals surface area contributed by atoms with Gasteiger partial charge in [0.25, 0.3) is 0 Å². The van der Waals surface area contributed by atoms with Crippen molar-refractivity contribution in [3.63, 3.8) is 0 Å². The van der Waals surface area contributed by atoms with E-state index in [4.69, 9.17) is 4.98 Å². The van der Waals surface area contributed by atoms with Crippen molar-refractivity contribution in [2.45, 2.75) is 20.8 Å². The summed E-state index contributed by atoms with van der Waals surface area (Å²) in [6, 6.07) is 72.8. The fourth-order valence-corrected chi connectivity index (χ4v) is 7.65. The normalized spacial score (nSPS) is 10.6. The molecule has 0 radical (unpaired) electrons. The van der Waals surface area contributed by atoms with Crippen LogP contribution < -0.4 is 9.80 Å². The molecule has 0 bridgehead atoms. The summed E-state index contributed by atoms with van der Waals surface area (Å²) in [5, 5.41) is 0. The van der Waals surface area contributed by atoms with Crippen LogP contribution in [0.25, 0.3) is 56.0 Å². The standard InChI is InChI=1S/C41H29N3.C24H25N2.2CH3.2Pt/c1-30-22-24-42-40(26-30)35-14-8-16-38(27-35)44(37-20-18-33(19-21-37)31-10-4-2-5-11-31)39-17-9-15-36(28-39)41-29-34(23-25-43-41)32-12-6-3-7-13-32;1-6-7-11-19(2)20(3)15-16-21(4)26(5)23-13-10-12-22(18-23)24-14-8-9-17-25-24;;;;/h2-26,29H,1H3;6-17H,3-4H2,1-2,5H3;2*1H3;;/q-2;3*-1;;+2/b;7-6-,16-15-,19-11+;;;;. The molecular formula is C67H60N5Pt2-3. The zero-order chi connectivity index (χ0) is 48.7. The molecule has 74 heavy (non-hydrogen) atoms. The summed E-state index contributed by atoms with van der Waals surface area (Å²) in [5.74, 6) is 0. The molecule has 9 rings (SSSR count). The van der Waals surface area contributed by atoms with Crippen LogP contribution in [0.1, 0.15) is 19.4 Å². The number of likely N-dealkylation sites (N-methyl/N-ethyl adjacent to an activating group) is 1. The van der Waals surface area contributed by atoms with Gasteiger partial charge in [0.1, 0.15) is 0 Å². The molecule has 0 aliphatic rings. The van der Waals surface area contributed by atoms with Crippen molar-refractivity contribution in [2.24, 2.45) is 0 Å². The van der Waals surface area contributed by atoms with Crippen LogP contribution in [0.15, 0.2) is 261 Å². The summed E-state index contributed by atoms with van der Waals surface area (Å²) in [7, 11) is 1.98. The number of hydrogen-bond donors (Lipinski definition) is 0. The van der Waals surface area contributed by atoms with Crippen molar-refractivity contribution in [3.8, 4) is 56.0 Å². The van der Waals surface area contributed by atoms with Crippen LogP contribution in [0.3, 0.4) is 0 Å². The molecule has 0 amide bonds. The molecule has 9 aromatic rings. The Kier molecular flexibility index (Phi) is 23.3. The van der Waals surface area contributed by atoms with Crippen LogP contribution in [0.4, 0.5) is 22.7 Å². The Morgan fingerprint density at radius 3 is 1.58 bits per heavy atom. The minimum atomic E-state index is 0. The van der Waals surface area contributed by atoms with Crippen LogP contribution >= 0.6 is 0 Å². The molecule has 0 aliphatic heterocycles. The topological polar surface area (TPSA) is 45.2 Å². The predicted molar refractivity (Wildman–Crippen MR) is 307 cm³/mol. The van der Waals surface area contributed by atoms with Gasteiger partial charge in [-0.25, -0.2) is 0 Å². The maximum absolute atomic E-state index is 4.72. The van der Waals surface area contributed by atoms with Crippen LogP contribution in [-0.2, 0) is 42.1 Å². The average molecular weight is 1330 g/mol. The molecule has 0 aliphatic carbocycles. The monoisotopic (exact) mass is 1320 g/mol. The summed E-state index contributed by atoms with van der Waals surface area (Å²) in [6.45, 7) is 14.4. The van der Waals surface area contributed by atoms with Crippen LogP contribution in [-0.4, -0.2) is 22.0 Å². The summed E-state index contributed by atoms with van der Waals surface area (Å²) in [5.41, 5.74) is 18.0. The molecular weight excluding hydrogens is 1260 g/mol. The van der Waals surface area contributed by atoms with E-state index in [-0.39, 0.29) is 57.0 Å². The summed E-state index contributed by atoms with van der Waals surface area (Å²) >= 11 is 0. The van der Waals surface area contributed by atoms with E-state index < -0.39 is 0 Å². The molecule has 0 atom stereocenters. The van der Waals surface area contributed by atoms with Gasteiger partial charge < -0.3 is 39.6 Å². The molecule has 0 saturated heterocycles. The second-order valence-corrected chi connectivity index (χ2v) is 16.6. The van der Waals surface area contributed by atoms with Gasteiger partial charge in [0.2, 0.25) is 0 Å². The van der Waals surface area contributed by atoms with E-state index in [9.17, 15) is 0 Å². The first-order valence-corrected chi connectivity index (χ1v) is 23.2. The van der Waals surface area contributed by atoms with E-state index in [1.54, 1.807) is 6.20 Å². The molecule has 0 unspecified atom stereocenters. The second-order valence-electron chi connectivity index (χ2n) is 16.6. The van der Waals surface area contributed by atoms with E-state index in [0.29, 0.717) is 0 Å². The van der Waals surface area contributed by atoms with Crippen molar-refractivity contribution in [1.29, 1.82) is 0 Å². The molecule has 6 aromatic carbocycles. The average Bonchev–Trinajstić information content (AvgIpc) is 3.43. The summed E-state index contributed by atoms with van der Waals surface area (Å²) in [6.07, 6.45) is 15.5. The number of allylic oxidation sites excluding steroid dienone is 7. The smallest absolute Gasteiger partial charge is 0.363 e. The van der Waals surface area contributed by atoms with Gasteiger partial charge in [0.15, 0.2) is 0 Å². The number of pyridine rings is 3. The fraction of sp³-hybridized carbons (Fsp3) is 0.0597. The van der Waals surface area contributed by atoms with Gasteiger partial charge in [-0.05, 0) is 125 Å². The van der Waals surface area contributed by atoms with E-state index in [1.165, 1.54) is 5.56 Å². The molecule has 7 heteroatoms. The Hall–Kier alpha value is -7.55. The first-order chi connectivity index (χ1) is 34.2. The number of nitrogens with zero attached hydrogens (tertiary/aromatic N) is 5. The van der Waals surface area contributed by atoms with Gasteiger partial charge in [0, 0.05) is 58.1 Å². The van der Waals surface area contributed by atoms with E-state index >= 15 is 0 Å². The molecule has 0 fully saturated rings. The van der Waals surface area contributed by atoms with Crippen LogP contribution in [0.2, 0.25) is 0 Å². The number of aryl methyl sites for hydroxylation is 1. The van der Waals surface area contributed by atoms with Gasteiger partial charge in [-0.1, -0.05) is 140 Å². The molecule has 376 valence electrons. The molecule has 3 aromatic heterocycles. The quantitative estimate of drug-likeness (QED) is 0.0802. The van der Waals surface area contributed by atoms with Gasteiger partial charge in [-0.3, -0.25) is 0 Å². The zero-order valence-corrected chi connectivity index (χ0v) is 47.3. The number of benzene rings is 6. The minimum Gasteiger partial charge on any atom is -0.363 e. The third-order valence-corrected chi connectivity index (χ3v) is 11.6. The van der Waals surface area contributed by atoms with Crippen molar-refractivity contribution in [2.75, 3.05) is 16.8 Å². The van der Waals surface area contributed by atoms with Crippen LogP contribution in [0, 0.1) is 40.0 Å². The van der Waals surface area contributed by atoms with Crippen molar-refractivity contribution in [1.82, 2.24) is 15.0 Å². The van der Waals surface area contributed by atoms with E-state index in [1.807, 2.05) is 129 Å². The number of anilines is 4. The van der Waals surface area contributed by atoms with Gasteiger partial charge in [-0.2, -0.15) is 0 Å². The Morgan fingerprint density at radius 2 is 1.01 bits per heavy atom. The van der Waals surface area contributed by atoms with E-state index in [0.717, 1.165) is 95.6 Å². The van der Waals surface area contributed by atoms with Gasteiger partial charge in [0.05, 0.1) is 0 Å². The van der Waals surface area contributed by atoms with Gasteiger partial charge in [-0.15, -0.1) is 89.5 Å². The molecule has 0 N–H and O–H groups in total. The minimum absolute atomic E-state index is 0. The molecule has 5 nitrogen and oxygen atoms in total. The maximum Gasteiger partial charge on any atom is 2.00 e. The third-order valence-electron chi connectivity index (χ3n) is 11.6. The Morgan fingerprint density at radius 1 is 0.514 bits per heavy atom. The summed E-state index contributed by atoms with van der Waals surface area (Å²) in [4.78, 5) is 17.9. The summed E-state index contributed by atoms with van der Waals surface area (Å²) < 4.78 is 0. The van der Waals surface area contributed by atoms with Crippen LogP contribution in [0.5, 0.6) is 0 Å². The first kappa shape index (κ1) is 59.0. The third kappa shape index (κ3) is 15.5. The van der Waals surface area contributed by atoms with Gasteiger partial charge >= 0.3 is 21.1 Å². The van der Waals surface area contributed by atoms with E-state index in [2.05, 4.69) is 174 Å². The molecule has 0 saturated carbocycles. The second kappa shape index (κ2) is 29.2. The molecule has 3 heterocycles. The first-order valence-electron chi connectivity index (χ1n) is 23.2. The van der Waals surface area contributed by atoms with Crippen molar-refractivity contribution in [3.05, 3.63) is 300 Å². The Balaban J connectivity index is 0.000000343. The number of hydrogen-bond acceptors (Lipinski definition) is 5. The number of rotatable bonds is 14. The van der Waals surface area contributed by atoms with Crippen molar-refractivity contribution >= 4 is 22.7 Å². The Bertz CT molecular complexity index is 3290. The fourth-order valence-electron chi connectivity index (χ4n) is 7.65.